The molecule has 0 radical (unpaired) electrons. The molecular formula is C14H9ClF3NO. The Labute approximate surface area is 118 Å². The van der Waals surface area contributed by atoms with E-state index in [4.69, 9.17) is 11.6 Å². The van der Waals surface area contributed by atoms with Gasteiger partial charge in [0.05, 0.1) is 10.6 Å². The highest BCUT2D eigenvalue weighted by Gasteiger charge is 2.14. The van der Waals surface area contributed by atoms with Gasteiger partial charge in [-0.2, -0.15) is 0 Å². The molecule has 0 aromatic heterocycles. The van der Waals surface area contributed by atoms with Crippen LogP contribution in [-0.2, 0) is 6.54 Å². The molecule has 2 aromatic carbocycles. The highest BCUT2D eigenvalue weighted by Crippen LogP contribution is 2.20. The van der Waals surface area contributed by atoms with Gasteiger partial charge in [-0.25, -0.2) is 13.2 Å². The molecule has 0 bridgehead atoms. The summed E-state index contributed by atoms with van der Waals surface area (Å²) >= 11 is 5.68. The maximum atomic E-state index is 13.1. The molecule has 1 N–H and O–H groups in total. The van der Waals surface area contributed by atoms with E-state index in [1.54, 1.807) is 0 Å². The first-order chi connectivity index (χ1) is 9.47. The van der Waals surface area contributed by atoms with Crippen LogP contribution in [0.2, 0.25) is 5.02 Å². The maximum absolute atomic E-state index is 13.1. The average molecular weight is 300 g/mol. The van der Waals surface area contributed by atoms with E-state index in [1.807, 2.05) is 0 Å². The standard InChI is InChI=1S/C14H9ClF3NO/c15-11-6-13(18)12(17)5-10(11)14(20)19-7-8-1-3-9(16)4-2-8/h1-6H,7H2,(H,19,20). The van der Waals surface area contributed by atoms with Crippen LogP contribution in [0.1, 0.15) is 15.9 Å². The third-order valence-corrected chi connectivity index (χ3v) is 2.93. The van der Waals surface area contributed by atoms with Crippen LogP contribution in [0.5, 0.6) is 0 Å². The second-order valence-corrected chi connectivity index (χ2v) is 4.46. The first kappa shape index (κ1) is 14.4. The Kier molecular flexibility index (Phi) is 4.29. The monoisotopic (exact) mass is 299 g/mol. The molecule has 0 unspecified atom stereocenters. The summed E-state index contributed by atoms with van der Waals surface area (Å²) < 4.78 is 38.7. The van der Waals surface area contributed by atoms with E-state index < -0.39 is 17.5 Å². The molecule has 0 spiro atoms. The molecule has 1 amide bonds. The van der Waals surface area contributed by atoms with E-state index in [0.717, 1.165) is 12.1 Å². The Hall–Kier alpha value is -2.01. The summed E-state index contributed by atoms with van der Waals surface area (Å²) in [6.45, 7) is 0.119. The first-order valence-corrected chi connectivity index (χ1v) is 6.02. The van der Waals surface area contributed by atoms with Crippen molar-refractivity contribution in [2.45, 2.75) is 6.54 Å². The molecule has 0 atom stereocenters. The second kappa shape index (κ2) is 5.96. The van der Waals surface area contributed by atoms with Gasteiger partial charge >= 0.3 is 0 Å². The lowest BCUT2D eigenvalue weighted by atomic mass is 10.2. The van der Waals surface area contributed by atoms with Crippen molar-refractivity contribution in [3.05, 3.63) is 70.0 Å². The minimum absolute atomic E-state index is 0.119. The zero-order valence-electron chi connectivity index (χ0n) is 10.1. The first-order valence-electron chi connectivity index (χ1n) is 5.64. The minimum atomic E-state index is -1.15. The van der Waals surface area contributed by atoms with Crippen LogP contribution < -0.4 is 5.32 Å². The smallest absolute Gasteiger partial charge is 0.253 e. The Morgan fingerprint density at radius 1 is 1.05 bits per heavy atom. The van der Waals surface area contributed by atoms with E-state index in [2.05, 4.69) is 5.32 Å². The van der Waals surface area contributed by atoms with Gasteiger partial charge in [-0.05, 0) is 29.8 Å². The molecule has 0 aliphatic rings. The van der Waals surface area contributed by atoms with Gasteiger partial charge in [0.15, 0.2) is 11.6 Å². The minimum Gasteiger partial charge on any atom is -0.348 e. The van der Waals surface area contributed by atoms with Crippen LogP contribution in [0.15, 0.2) is 36.4 Å². The van der Waals surface area contributed by atoms with Crippen LogP contribution in [-0.4, -0.2) is 5.91 Å². The predicted molar refractivity (Wildman–Crippen MR) is 68.9 cm³/mol. The summed E-state index contributed by atoms with van der Waals surface area (Å²) in [5.41, 5.74) is 0.506. The summed E-state index contributed by atoms with van der Waals surface area (Å²) in [5.74, 6) is -3.30. The van der Waals surface area contributed by atoms with Crippen molar-refractivity contribution < 1.29 is 18.0 Å². The number of rotatable bonds is 3. The highest BCUT2D eigenvalue weighted by molar-refractivity contribution is 6.33. The van der Waals surface area contributed by atoms with Crippen LogP contribution in [0.3, 0.4) is 0 Å². The van der Waals surface area contributed by atoms with Crippen molar-refractivity contribution in [3.8, 4) is 0 Å². The number of carbonyl (C=O) groups is 1. The van der Waals surface area contributed by atoms with Crippen molar-refractivity contribution in [1.82, 2.24) is 5.32 Å². The SMILES string of the molecule is O=C(NCc1ccc(F)cc1)c1cc(F)c(F)cc1Cl. The molecule has 0 heterocycles. The number of hydrogen-bond donors (Lipinski definition) is 1. The molecule has 0 saturated carbocycles. The number of nitrogens with one attached hydrogen (secondary N) is 1. The lowest BCUT2D eigenvalue weighted by Gasteiger charge is -2.07. The van der Waals surface area contributed by atoms with Crippen LogP contribution in [0, 0.1) is 17.5 Å². The van der Waals surface area contributed by atoms with Crippen LogP contribution >= 0.6 is 11.6 Å². The fraction of sp³-hybridized carbons (Fsp3) is 0.0714. The van der Waals surface area contributed by atoms with Gasteiger partial charge in [-0.1, -0.05) is 23.7 Å². The summed E-state index contributed by atoms with van der Waals surface area (Å²) in [4.78, 5) is 11.8. The maximum Gasteiger partial charge on any atom is 0.253 e. The van der Waals surface area contributed by atoms with Gasteiger partial charge in [-0.15, -0.1) is 0 Å². The molecule has 0 aliphatic heterocycles. The van der Waals surface area contributed by atoms with Crippen molar-refractivity contribution >= 4 is 17.5 Å². The molecule has 20 heavy (non-hydrogen) atoms. The normalized spacial score (nSPS) is 10.4. The zero-order chi connectivity index (χ0) is 14.7. The van der Waals surface area contributed by atoms with Gasteiger partial charge in [-0.3, -0.25) is 4.79 Å². The molecule has 104 valence electrons. The van der Waals surface area contributed by atoms with Gasteiger partial charge in [0.2, 0.25) is 0 Å². The fourth-order valence-corrected chi connectivity index (χ4v) is 1.81. The molecule has 0 saturated heterocycles. The molecule has 2 nitrogen and oxygen atoms in total. The van der Waals surface area contributed by atoms with Gasteiger partial charge < -0.3 is 5.32 Å². The highest BCUT2D eigenvalue weighted by atomic mass is 35.5. The third kappa shape index (κ3) is 3.30. The fourth-order valence-electron chi connectivity index (χ4n) is 1.58. The molecule has 0 aliphatic carbocycles. The van der Waals surface area contributed by atoms with Crippen LogP contribution in [0.25, 0.3) is 0 Å². The summed E-state index contributed by atoms with van der Waals surface area (Å²) in [6.07, 6.45) is 0. The molecule has 2 rings (SSSR count). The van der Waals surface area contributed by atoms with Crippen molar-refractivity contribution in [2.75, 3.05) is 0 Å². The number of benzene rings is 2. The Bertz CT molecular complexity index is 644. The van der Waals surface area contributed by atoms with Crippen molar-refractivity contribution in [3.63, 3.8) is 0 Å². The molecule has 0 fully saturated rings. The van der Waals surface area contributed by atoms with E-state index in [-0.39, 0.29) is 22.9 Å². The summed E-state index contributed by atoms with van der Waals surface area (Å²) in [7, 11) is 0. The Balaban J connectivity index is 2.09. The topological polar surface area (TPSA) is 29.1 Å². The predicted octanol–water partition coefficient (Wildman–Crippen LogP) is 3.69. The number of halogens is 4. The molecule has 2 aromatic rings. The molecule has 6 heteroatoms. The van der Waals surface area contributed by atoms with E-state index >= 15 is 0 Å². The van der Waals surface area contributed by atoms with Gasteiger partial charge in [0.1, 0.15) is 5.82 Å². The third-order valence-electron chi connectivity index (χ3n) is 2.62. The average Bonchev–Trinajstić information content (AvgIpc) is 2.42. The van der Waals surface area contributed by atoms with Crippen molar-refractivity contribution in [1.29, 1.82) is 0 Å². The lowest BCUT2D eigenvalue weighted by Crippen LogP contribution is -2.23. The van der Waals surface area contributed by atoms with E-state index in [0.29, 0.717) is 5.56 Å². The number of amides is 1. The van der Waals surface area contributed by atoms with E-state index in [1.165, 1.54) is 24.3 Å². The lowest BCUT2D eigenvalue weighted by molar-refractivity contribution is 0.0950. The zero-order valence-corrected chi connectivity index (χ0v) is 10.8. The number of carbonyl (C=O) groups excluding carboxylic acids is 1. The quantitative estimate of drug-likeness (QED) is 0.861. The van der Waals surface area contributed by atoms with Gasteiger partial charge in [0.25, 0.3) is 5.91 Å². The van der Waals surface area contributed by atoms with Crippen molar-refractivity contribution in [2.24, 2.45) is 0 Å². The Morgan fingerprint density at radius 2 is 1.65 bits per heavy atom. The van der Waals surface area contributed by atoms with E-state index in [9.17, 15) is 18.0 Å². The molecular weight excluding hydrogens is 291 g/mol. The van der Waals surface area contributed by atoms with Crippen LogP contribution in [0.4, 0.5) is 13.2 Å². The largest absolute Gasteiger partial charge is 0.348 e. The summed E-state index contributed by atoms with van der Waals surface area (Å²) in [5, 5.41) is 2.31. The Morgan fingerprint density at radius 3 is 2.30 bits per heavy atom. The van der Waals surface area contributed by atoms with Gasteiger partial charge in [0, 0.05) is 6.54 Å². The summed E-state index contributed by atoms with van der Waals surface area (Å²) in [6, 6.07) is 6.99. The number of hydrogen-bond acceptors (Lipinski definition) is 1. The second-order valence-electron chi connectivity index (χ2n) is 4.06.